The van der Waals surface area contributed by atoms with Gasteiger partial charge in [0.2, 0.25) is 0 Å². The number of ether oxygens (including phenoxy) is 1. The number of nitrogen functional groups attached to an aromatic ring is 1. The number of carbonyl (C=O) groups is 1. The third-order valence-corrected chi connectivity index (χ3v) is 4.47. The van der Waals surface area contributed by atoms with E-state index < -0.39 is 5.97 Å². The van der Waals surface area contributed by atoms with Gasteiger partial charge in [-0.2, -0.15) is 0 Å². The van der Waals surface area contributed by atoms with E-state index in [1.807, 2.05) is 62.4 Å². The highest BCUT2D eigenvalue weighted by Crippen LogP contribution is 2.30. The summed E-state index contributed by atoms with van der Waals surface area (Å²) in [5, 5.41) is 1.56. The SMILES string of the molecule is Cc1cc(N)cc(C)c1OC(=O)c1c2ccccc2nc2ccccc12. The number of benzene rings is 3. The first-order valence-electron chi connectivity index (χ1n) is 8.41. The third kappa shape index (κ3) is 2.65. The molecule has 0 fully saturated rings. The quantitative estimate of drug-likeness (QED) is 0.246. The van der Waals surface area contributed by atoms with Crippen molar-refractivity contribution in [3.05, 3.63) is 77.4 Å². The van der Waals surface area contributed by atoms with Crippen molar-refractivity contribution >= 4 is 33.5 Å². The van der Waals surface area contributed by atoms with E-state index in [1.165, 1.54) is 0 Å². The van der Waals surface area contributed by atoms with Crippen molar-refractivity contribution < 1.29 is 9.53 Å². The summed E-state index contributed by atoms with van der Waals surface area (Å²) in [6.07, 6.45) is 0. The van der Waals surface area contributed by atoms with Crippen molar-refractivity contribution in [1.29, 1.82) is 0 Å². The average molecular weight is 342 g/mol. The number of anilines is 1. The molecule has 0 aliphatic carbocycles. The second-order valence-corrected chi connectivity index (χ2v) is 6.39. The first-order valence-corrected chi connectivity index (χ1v) is 8.41. The Bertz CT molecular complexity index is 1090. The van der Waals surface area contributed by atoms with Crippen LogP contribution < -0.4 is 10.5 Å². The summed E-state index contributed by atoms with van der Waals surface area (Å²) in [4.78, 5) is 17.8. The molecular formula is C22H18N2O2. The van der Waals surface area contributed by atoms with Gasteiger partial charge in [0.25, 0.3) is 0 Å². The molecule has 4 rings (SSSR count). The number of para-hydroxylation sites is 2. The summed E-state index contributed by atoms with van der Waals surface area (Å²) < 4.78 is 5.81. The summed E-state index contributed by atoms with van der Waals surface area (Å²) >= 11 is 0. The van der Waals surface area contributed by atoms with Gasteiger partial charge in [0, 0.05) is 16.5 Å². The lowest BCUT2D eigenvalue weighted by molar-refractivity contribution is 0.0736. The van der Waals surface area contributed by atoms with Crippen LogP contribution in [0.4, 0.5) is 5.69 Å². The number of hydrogen-bond acceptors (Lipinski definition) is 4. The molecule has 0 saturated carbocycles. The van der Waals surface area contributed by atoms with Crippen LogP contribution in [0.3, 0.4) is 0 Å². The predicted octanol–water partition coefficient (Wildman–Crippen LogP) is 4.81. The van der Waals surface area contributed by atoms with Gasteiger partial charge in [-0.1, -0.05) is 36.4 Å². The van der Waals surface area contributed by atoms with Crippen molar-refractivity contribution in [2.45, 2.75) is 13.8 Å². The number of hydrogen-bond donors (Lipinski definition) is 1. The summed E-state index contributed by atoms with van der Waals surface area (Å²) in [6.45, 7) is 3.77. The second-order valence-electron chi connectivity index (χ2n) is 6.39. The molecule has 1 heterocycles. The van der Waals surface area contributed by atoms with Gasteiger partial charge >= 0.3 is 5.97 Å². The van der Waals surface area contributed by atoms with Crippen LogP contribution in [0.5, 0.6) is 5.75 Å². The highest BCUT2D eigenvalue weighted by Gasteiger charge is 2.19. The summed E-state index contributed by atoms with van der Waals surface area (Å²) in [6, 6.07) is 18.8. The van der Waals surface area contributed by atoms with Crippen LogP contribution in [-0.2, 0) is 0 Å². The molecule has 3 aromatic carbocycles. The van der Waals surface area contributed by atoms with Gasteiger partial charge < -0.3 is 10.5 Å². The molecule has 4 heteroatoms. The Morgan fingerprint density at radius 3 is 1.92 bits per heavy atom. The van der Waals surface area contributed by atoms with Crippen LogP contribution in [0.1, 0.15) is 21.5 Å². The highest BCUT2D eigenvalue weighted by molar-refractivity contribution is 6.14. The molecule has 4 nitrogen and oxygen atoms in total. The molecule has 26 heavy (non-hydrogen) atoms. The Morgan fingerprint density at radius 2 is 1.38 bits per heavy atom. The van der Waals surface area contributed by atoms with E-state index in [0.717, 1.165) is 32.9 Å². The molecule has 0 amide bonds. The van der Waals surface area contributed by atoms with Crippen LogP contribution in [0.25, 0.3) is 21.8 Å². The highest BCUT2D eigenvalue weighted by atomic mass is 16.5. The van der Waals surface area contributed by atoms with Gasteiger partial charge in [-0.05, 0) is 49.2 Å². The minimum atomic E-state index is -0.393. The maximum atomic E-state index is 13.2. The van der Waals surface area contributed by atoms with Crippen molar-refractivity contribution in [3.63, 3.8) is 0 Å². The standard InChI is InChI=1S/C22H18N2O2/c1-13-11-15(23)12-14(2)21(13)26-22(25)20-16-7-3-5-9-18(16)24-19-10-6-4-8-17(19)20/h3-12H,23H2,1-2H3. The monoisotopic (exact) mass is 342 g/mol. The first kappa shape index (κ1) is 16.1. The lowest BCUT2D eigenvalue weighted by atomic mass is 10.0. The van der Waals surface area contributed by atoms with Crippen LogP contribution >= 0.6 is 0 Å². The van der Waals surface area contributed by atoms with Gasteiger partial charge in [0.1, 0.15) is 5.75 Å². The zero-order valence-corrected chi connectivity index (χ0v) is 14.6. The predicted molar refractivity (Wildman–Crippen MR) is 105 cm³/mol. The Labute approximate surface area is 151 Å². The molecule has 4 aromatic rings. The Kier molecular flexibility index (Phi) is 3.81. The maximum absolute atomic E-state index is 13.2. The Morgan fingerprint density at radius 1 is 0.885 bits per heavy atom. The fourth-order valence-electron chi connectivity index (χ4n) is 3.35. The third-order valence-electron chi connectivity index (χ3n) is 4.47. The van der Waals surface area contributed by atoms with Crippen molar-refractivity contribution in [2.75, 3.05) is 5.73 Å². The van der Waals surface area contributed by atoms with Gasteiger partial charge in [-0.3, -0.25) is 0 Å². The van der Waals surface area contributed by atoms with Gasteiger partial charge in [-0.25, -0.2) is 9.78 Å². The molecule has 0 bridgehead atoms. The fraction of sp³-hybridized carbons (Fsp3) is 0.0909. The minimum absolute atomic E-state index is 0.393. The molecule has 0 radical (unpaired) electrons. The van der Waals surface area contributed by atoms with Crippen LogP contribution in [0.15, 0.2) is 60.7 Å². The molecule has 0 aliphatic heterocycles. The fourth-order valence-corrected chi connectivity index (χ4v) is 3.35. The topological polar surface area (TPSA) is 65.2 Å². The number of aromatic nitrogens is 1. The van der Waals surface area contributed by atoms with E-state index in [1.54, 1.807) is 12.1 Å². The van der Waals surface area contributed by atoms with Gasteiger partial charge in [0.15, 0.2) is 0 Å². The molecule has 0 atom stereocenters. The van der Waals surface area contributed by atoms with Crippen molar-refractivity contribution in [1.82, 2.24) is 4.98 Å². The zero-order chi connectivity index (χ0) is 18.3. The number of aryl methyl sites for hydroxylation is 2. The van der Waals surface area contributed by atoms with E-state index in [4.69, 9.17) is 10.5 Å². The number of esters is 1. The molecule has 0 saturated heterocycles. The van der Waals surface area contributed by atoms with Crippen LogP contribution in [0, 0.1) is 13.8 Å². The van der Waals surface area contributed by atoms with E-state index in [-0.39, 0.29) is 0 Å². The van der Waals surface area contributed by atoms with E-state index >= 15 is 0 Å². The minimum Gasteiger partial charge on any atom is -0.422 e. The van der Waals surface area contributed by atoms with E-state index in [2.05, 4.69) is 4.98 Å². The summed E-state index contributed by atoms with van der Waals surface area (Å²) in [5.41, 5.74) is 10.3. The molecule has 0 spiro atoms. The second kappa shape index (κ2) is 6.15. The number of nitrogens with two attached hydrogens (primary N) is 1. The Balaban J connectivity index is 1.91. The Hall–Kier alpha value is -3.40. The summed E-state index contributed by atoms with van der Waals surface area (Å²) in [7, 11) is 0. The molecule has 2 N–H and O–H groups in total. The zero-order valence-electron chi connectivity index (χ0n) is 14.6. The molecule has 0 aliphatic rings. The van der Waals surface area contributed by atoms with E-state index in [9.17, 15) is 4.79 Å². The lowest BCUT2D eigenvalue weighted by Gasteiger charge is -2.14. The van der Waals surface area contributed by atoms with Gasteiger partial charge in [0.05, 0.1) is 16.6 Å². The molecule has 1 aromatic heterocycles. The van der Waals surface area contributed by atoms with E-state index in [0.29, 0.717) is 17.0 Å². The van der Waals surface area contributed by atoms with Crippen LogP contribution in [0.2, 0.25) is 0 Å². The largest absolute Gasteiger partial charge is 0.422 e. The van der Waals surface area contributed by atoms with Crippen LogP contribution in [-0.4, -0.2) is 11.0 Å². The maximum Gasteiger partial charge on any atom is 0.344 e. The number of pyridine rings is 1. The number of carbonyl (C=O) groups excluding carboxylic acids is 1. The van der Waals surface area contributed by atoms with Crippen molar-refractivity contribution in [3.8, 4) is 5.75 Å². The molecular weight excluding hydrogens is 324 g/mol. The normalized spacial score (nSPS) is 11.0. The van der Waals surface area contributed by atoms with Gasteiger partial charge in [-0.15, -0.1) is 0 Å². The summed E-state index contributed by atoms with van der Waals surface area (Å²) in [5.74, 6) is 0.157. The van der Waals surface area contributed by atoms with Crippen molar-refractivity contribution in [2.24, 2.45) is 0 Å². The molecule has 128 valence electrons. The number of nitrogens with zero attached hydrogens (tertiary/aromatic N) is 1. The lowest BCUT2D eigenvalue weighted by Crippen LogP contribution is -2.12. The smallest absolute Gasteiger partial charge is 0.344 e. The number of fused-ring (bicyclic) bond motifs is 2. The molecule has 0 unspecified atom stereocenters. The number of rotatable bonds is 2. The first-order chi connectivity index (χ1) is 12.5. The average Bonchev–Trinajstić information content (AvgIpc) is 2.62.